The molecule has 0 saturated heterocycles. The Morgan fingerprint density at radius 2 is 2.07 bits per heavy atom. The molecule has 0 amide bonds. The van der Waals surface area contributed by atoms with Crippen LogP contribution in [-0.4, -0.2) is 5.97 Å². The molecular formula is C12H15NaO2. The Kier molecular flexibility index (Phi) is 7.75. The summed E-state index contributed by atoms with van der Waals surface area (Å²) in [5.74, 6) is -1.10. The molecule has 0 atom stereocenters. The van der Waals surface area contributed by atoms with Crippen LogP contribution in [0.15, 0.2) is 24.3 Å². The topological polar surface area (TPSA) is 40.1 Å². The van der Waals surface area contributed by atoms with Crippen molar-refractivity contribution in [1.29, 1.82) is 0 Å². The van der Waals surface area contributed by atoms with Crippen molar-refractivity contribution in [2.45, 2.75) is 32.6 Å². The average molecular weight is 214 g/mol. The van der Waals surface area contributed by atoms with Crippen molar-refractivity contribution in [3.05, 3.63) is 35.4 Å². The Morgan fingerprint density at radius 3 is 2.67 bits per heavy atom. The number of rotatable bonds is 5. The molecule has 0 radical (unpaired) electrons. The SMILES string of the molecule is CCCCCc1cccc(C(=O)[O-])c1.[Na+]. The van der Waals surface area contributed by atoms with Gasteiger partial charge in [0.05, 0.1) is 5.97 Å². The molecule has 0 bridgehead atoms. The van der Waals surface area contributed by atoms with E-state index in [1.165, 1.54) is 12.8 Å². The molecule has 0 aliphatic heterocycles. The second-order valence-electron chi connectivity index (χ2n) is 3.44. The number of hydrogen-bond acceptors (Lipinski definition) is 2. The van der Waals surface area contributed by atoms with E-state index in [1.54, 1.807) is 18.2 Å². The van der Waals surface area contributed by atoms with E-state index in [4.69, 9.17) is 0 Å². The molecule has 0 aliphatic carbocycles. The Balaban J connectivity index is 0.00000196. The maximum atomic E-state index is 10.6. The van der Waals surface area contributed by atoms with Gasteiger partial charge in [-0.1, -0.05) is 38.0 Å². The van der Waals surface area contributed by atoms with E-state index in [1.807, 2.05) is 6.07 Å². The fourth-order valence-corrected chi connectivity index (χ4v) is 1.43. The molecule has 3 heteroatoms. The maximum absolute atomic E-state index is 10.6. The quantitative estimate of drug-likeness (QED) is 0.455. The summed E-state index contributed by atoms with van der Waals surface area (Å²) in [6, 6.07) is 7.00. The van der Waals surface area contributed by atoms with E-state index >= 15 is 0 Å². The van der Waals surface area contributed by atoms with Crippen LogP contribution in [0.1, 0.15) is 42.1 Å². The van der Waals surface area contributed by atoms with Crippen LogP contribution in [0.5, 0.6) is 0 Å². The van der Waals surface area contributed by atoms with E-state index in [-0.39, 0.29) is 35.1 Å². The Morgan fingerprint density at radius 1 is 1.33 bits per heavy atom. The van der Waals surface area contributed by atoms with Gasteiger partial charge >= 0.3 is 29.6 Å². The molecule has 1 aromatic rings. The molecule has 76 valence electrons. The second kappa shape index (κ2) is 7.91. The Hall–Kier alpha value is -0.310. The smallest absolute Gasteiger partial charge is 0.545 e. The van der Waals surface area contributed by atoms with Crippen LogP contribution in [0, 0.1) is 0 Å². The van der Waals surface area contributed by atoms with Gasteiger partial charge in [0.2, 0.25) is 0 Å². The molecule has 0 saturated carbocycles. The molecule has 0 fully saturated rings. The zero-order valence-corrected chi connectivity index (χ0v) is 11.5. The molecule has 1 aromatic carbocycles. The first kappa shape index (κ1) is 14.7. The molecule has 0 aromatic heterocycles. The van der Waals surface area contributed by atoms with Gasteiger partial charge < -0.3 is 9.90 Å². The van der Waals surface area contributed by atoms with Crippen molar-refractivity contribution in [2.24, 2.45) is 0 Å². The number of carboxylic acid groups (broad SMARTS) is 1. The van der Waals surface area contributed by atoms with Crippen molar-refractivity contribution in [3.8, 4) is 0 Å². The summed E-state index contributed by atoms with van der Waals surface area (Å²) < 4.78 is 0. The van der Waals surface area contributed by atoms with Crippen molar-refractivity contribution >= 4 is 5.97 Å². The third-order valence-electron chi connectivity index (χ3n) is 2.23. The summed E-state index contributed by atoms with van der Waals surface area (Å²) in [5, 5.41) is 10.6. The monoisotopic (exact) mass is 214 g/mol. The Labute approximate surface area is 113 Å². The minimum atomic E-state index is -1.10. The molecule has 15 heavy (non-hydrogen) atoms. The van der Waals surface area contributed by atoms with Gasteiger partial charge in [-0.3, -0.25) is 0 Å². The largest absolute Gasteiger partial charge is 1.00 e. The van der Waals surface area contributed by atoms with Crippen molar-refractivity contribution in [1.82, 2.24) is 0 Å². The van der Waals surface area contributed by atoms with Crippen molar-refractivity contribution < 1.29 is 39.5 Å². The number of aryl methyl sites for hydroxylation is 1. The molecule has 0 heterocycles. The molecule has 0 spiro atoms. The van der Waals surface area contributed by atoms with Crippen molar-refractivity contribution in [2.75, 3.05) is 0 Å². The summed E-state index contributed by atoms with van der Waals surface area (Å²) in [4.78, 5) is 10.6. The third-order valence-corrected chi connectivity index (χ3v) is 2.23. The number of carbonyl (C=O) groups excluding carboxylic acids is 1. The van der Waals surface area contributed by atoms with Crippen LogP contribution in [0.25, 0.3) is 0 Å². The summed E-state index contributed by atoms with van der Waals surface area (Å²) in [7, 11) is 0. The standard InChI is InChI=1S/C12H16O2.Na/c1-2-3-4-6-10-7-5-8-11(9-10)12(13)14;/h5,7-9H,2-4,6H2,1H3,(H,13,14);/q;+1/p-1. The van der Waals surface area contributed by atoms with E-state index in [0.29, 0.717) is 0 Å². The first-order chi connectivity index (χ1) is 6.74. The van der Waals surface area contributed by atoms with E-state index in [2.05, 4.69) is 6.92 Å². The van der Waals surface area contributed by atoms with Gasteiger partial charge in [-0.05, 0) is 30.0 Å². The fraction of sp³-hybridized carbons (Fsp3) is 0.417. The molecular weight excluding hydrogens is 199 g/mol. The number of carboxylic acids is 1. The second-order valence-corrected chi connectivity index (χ2v) is 3.44. The average Bonchev–Trinajstić information content (AvgIpc) is 2.19. The van der Waals surface area contributed by atoms with Gasteiger partial charge in [0, 0.05) is 0 Å². The van der Waals surface area contributed by atoms with Gasteiger partial charge in [0.25, 0.3) is 0 Å². The van der Waals surface area contributed by atoms with Gasteiger partial charge in [-0.15, -0.1) is 0 Å². The predicted molar refractivity (Wildman–Crippen MR) is 54.0 cm³/mol. The number of hydrogen-bond donors (Lipinski definition) is 0. The van der Waals surface area contributed by atoms with Gasteiger partial charge in [0.15, 0.2) is 0 Å². The Bertz CT molecular complexity index is 310. The maximum Gasteiger partial charge on any atom is 1.00 e. The van der Waals surface area contributed by atoms with Crippen LogP contribution < -0.4 is 34.7 Å². The summed E-state index contributed by atoms with van der Waals surface area (Å²) in [6.45, 7) is 2.15. The zero-order valence-electron chi connectivity index (χ0n) is 9.45. The van der Waals surface area contributed by atoms with E-state index < -0.39 is 5.97 Å². The summed E-state index contributed by atoms with van der Waals surface area (Å²) in [6.07, 6.45) is 4.44. The molecule has 2 nitrogen and oxygen atoms in total. The molecule has 0 aliphatic rings. The minimum absolute atomic E-state index is 0. The third kappa shape index (κ3) is 5.36. The van der Waals surface area contributed by atoms with Crippen molar-refractivity contribution in [3.63, 3.8) is 0 Å². The fourth-order valence-electron chi connectivity index (χ4n) is 1.43. The summed E-state index contributed by atoms with van der Waals surface area (Å²) >= 11 is 0. The first-order valence-corrected chi connectivity index (χ1v) is 5.04. The van der Waals surface area contributed by atoms with E-state index in [9.17, 15) is 9.90 Å². The van der Waals surface area contributed by atoms with Gasteiger partial charge in [0.1, 0.15) is 0 Å². The van der Waals surface area contributed by atoms with Gasteiger partial charge in [-0.2, -0.15) is 0 Å². The van der Waals surface area contributed by atoms with Gasteiger partial charge in [-0.25, -0.2) is 0 Å². The van der Waals surface area contributed by atoms with Crippen LogP contribution in [0.2, 0.25) is 0 Å². The van der Waals surface area contributed by atoms with E-state index in [0.717, 1.165) is 18.4 Å². The molecule has 0 N–H and O–H groups in total. The van der Waals surface area contributed by atoms with Crippen LogP contribution in [0.4, 0.5) is 0 Å². The number of aromatic carboxylic acids is 1. The predicted octanol–water partition coefficient (Wildman–Crippen LogP) is -1.21. The van der Waals surface area contributed by atoms with Crippen LogP contribution >= 0.6 is 0 Å². The number of carbonyl (C=O) groups is 1. The number of unbranched alkanes of at least 4 members (excludes halogenated alkanes) is 2. The first-order valence-electron chi connectivity index (χ1n) is 5.04. The molecule has 0 unspecified atom stereocenters. The summed E-state index contributed by atoms with van der Waals surface area (Å²) in [5.41, 5.74) is 1.36. The van der Waals surface area contributed by atoms with Crippen LogP contribution in [-0.2, 0) is 6.42 Å². The number of benzene rings is 1. The normalized spacial score (nSPS) is 9.40. The molecule has 1 rings (SSSR count). The van der Waals surface area contributed by atoms with Crippen LogP contribution in [0.3, 0.4) is 0 Å². The zero-order chi connectivity index (χ0) is 10.4. The minimum Gasteiger partial charge on any atom is -0.545 e.